The van der Waals surface area contributed by atoms with E-state index in [2.05, 4.69) is 10.3 Å². The second kappa shape index (κ2) is 5.08. The Morgan fingerprint density at radius 1 is 1.53 bits per heavy atom. The van der Waals surface area contributed by atoms with Crippen LogP contribution in [0.3, 0.4) is 0 Å². The number of hydrogen-bond acceptors (Lipinski definition) is 2. The monoisotopic (exact) mass is 255 g/mol. The molecule has 1 aliphatic rings. The second-order valence-corrected chi connectivity index (χ2v) is 5.09. The van der Waals surface area contributed by atoms with Crippen LogP contribution in [0.15, 0.2) is 12.5 Å². The second-order valence-electron chi connectivity index (χ2n) is 4.82. The Morgan fingerprint density at radius 3 is 2.76 bits per heavy atom. The zero-order valence-corrected chi connectivity index (χ0v) is 10.8. The van der Waals surface area contributed by atoms with E-state index < -0.39 is 0 Å². The number of imidazole rings is 1. The van der Waals surface area contributed by atoms with E-state index in [4.69, 9.17) is 11.6 Å². The minimum atomic E-state index is -0.221. The summed E-state index contributed by atoms with van der Waals surface area (Å²) in [5.41, 5.74) is 0.362. The van der Waals surface area contributed by atoms with Gasteiger partial charge in [0.05, 0.1) is 18.1 Å². The molecule has 0 spiro atoms. The predicted octanol–water partition coefficient (Wildman–Crippen LogP) is 2.09. The summed E-state index contributed by atoms with van der Waals surface area (Å²) in [6, 6.07) is 0. The third-order valence-corrected chi connectivity index (χ3v) is 4.01. The van der Waals surface area contributed by atoms with Gasteiger partial charge in [0.25, 0.3) is 5.91 Å². The van der Waals surface area contributed by atoms with Crippen molar-refractivity contribution in [2.75, 3.05) is 5.88 Å². The van der Waals surface area contributed by atoms with Gasteiger partial charge in [-0.3, -0.25) is 4.79 Å². The van der Waals surface area contributed by atoms with Crippen LogP contribution in [-0.4, -0.2) is 26.9 Å². The summed E-state index contributed by atoms with van der Waals surface area (Å²) < 4.78 is 1.72. The lowest BCUT2D eigenvalue weighted by atomic mass is 9.83. The average molecular weight is 256 g/mol. The topological polar surface area (TPSA) is 46.9 Å². The molecule has 1 aromatic rings. The van der Waals surface area contributed by atoms with Crippen molar-refractivity contribution in [3.8, 4) is 0 Å². The van der Waals surface area contributed by atoms with E-state index in [1.54, 1.807) is 17.1 Å². The number of nitrogens with zero attached hydrogens (tertiary/aromatic N) is 2. The standard InChI is InChI=1S/C12H18ClN3O/c1-16-9-14-7-10(16)11(17)15-12(8-13)5-3-2-4-6-12/h7,9H,2-6,8H2,1H3,(H,15,17). The maximum atomic E-state index is 12.1. The largest absolute Gasteiger partial charge is 0.344 e. The summed E-state index contributed by atoms with van der Waals surface area (Å²) in [7, 11) is 1.82. The highest BCUT2D eigenvalue weighted by molar-refractivity contribution is 6.18. The van der Waals surface area contributed by atoms with Crippen LogP contribution in [0.25, 0.3) is 0 Å². The molecule has 1 N–H and O–H groups in total. The van der Waals surface area contributed by atoms with E-state index in [0.29, 0.717) is 11.6 Å². The van der Waals surface area contributed by atoms with Gasteiger partial charge in [0.1, 0.15) is 5.69 Å². The van der Waals surface area contributed by atoms with E-state index in [-0.39, 0.29) is 11.4 Å². The van der Waals surface area contributed by atoms with Crippen molar-refractivity contribution in [2.45, 2.75) is 37.6 Å². The highest BCUT2D eigenvalue weighted by Gasteiger charge is 2.33. The van der Waals surface area contributed by atoms with Gasteiger partial charge in [0.2, 0.25) is 0 Å². The molecule has 4 nitrogen and oxygen atoms in total. The van der Waals surface area contributed by atoms with Gasteiger partial charge in [-0.25, -0.2) is 4.98 Å². The van der Waals surface area contributed by atoms with Crippen LogP contribution in [0.2, 0.25) is 0 Å². The molecule has 1 aliphatic carbocycles. The molecule has 1 saturated carbocycles. The van der Waals surface area contributed by atoms with Gasteiger partial charge in [-0.1, -0.05) is 19.3 Å². The van der Waals surface area contributed by atoms with Crippen molar-refractivity contribution in [1.82, 2.24) is 14.9 Å². The van der Waals surface area contributed by atoms with Gasteiger partial charge in [0, 0.05) is 12.9 Å². The summed E-state index contributed by atoms with van der Waals surface area (Å²) in [5.74, 6) is 0.406. The number of rotatable bonds is 3. The summed E-state index contributed by atoms with van der Waals surface area (Å²) in [4.78, 5) is 16.1. The molecule has 0 saturated heterocycles. The molecule has 1 aromatic heterocycles. The van der Waals surface area contributed by atoms with Crippen LogP contribution in [-0.2, 0) is 7.05 Å². The first-order valence-corrected chi connectivity index (χ1v) is 6.55. The summed E-state index contributed by atoms with van der Waals surface area (Å²) in [6.07, 6.45) is 8.67. The number of carbonyl (C=O) groups excluding carboxylic acids is 1. The van der Waals surface area contributed by atoms with Crippen molar-refractivity contribution in [2.24, 2.45) is 7.05 Å². The smallest absolute Gasteiger partial charge is 0.270 e. The zero-order valence-electron chi connectivity index (χ0n) is 10.1. The molecule has 1 amide bonds. The molecular weight excluding hydrogens is 238 g/mol. The van der Waals surface area contributed by atoms with Crippen molar-refractivity contribution < 1.29 is 4.79 Å². The number of aryl methyl sites for hydroxylation is 1. The number of aromatic nitrogens is 2. The Morgan fingerprint density at radius 2 is 2.24 bits per heavy atom. The molecule has 2 rings (SSSR count). The molecule has 17 heavy (non-hydrogen) atoms. The SMILES string of the molecule is Cn1cncc1C(=O)NC1(CCl)CCCCC1. The first-order chi connectivity index (χ1) is 8.17. The van der Waals surface area contributed by atoms with Gasteiger partial charge in [-0.05, 0) is 12.8 Å². The third-order valence-electron chi connectivity index (χ3n) is 3.49. The maximum absolute atomic E-state index is 12.1. The van der Waals surface area contributed by atoms with Crippen LogP contribution in [0.4, 0.5) is 0 Å². The maximum Gasteiger partial charge on any atom is 0.270 e. The normalized spacial score (nSPS) is 18.9. The molecule has 0 aromatic carbocycles. The number of alkyl halides is 1. The molecule has 1 heterocycles. The van der Waals surface area contributed by atoms with Crippen molar-refractivity contribution >= 4 is 17.5 Å². The first-order valence-electron chi connectivity index (χ1n) is 6.02. The number of hydrogen-bond donors (Lipinski definition) is 1. The van der Waals surface area contributed by atoms with E-state index in [0.717, 1.165) is 25.7 Å². The molecule has 0 atom stereocenters. The third kappa shape index (κ3) is 2.63. The van der Waals surface area contributed by atoms with Crippen LogP contribution in [0.5, 0.6) is 0 Å². The van der Waals surface area contributed by atoms with Gasteiger partial charge in [0.15, 0.2) is 0 Å². The van der Waals surface area contributed by atoms with Gasteiger partial charge in [-0.2, -0.15) is 0 Å². The molecule has 0 unspecified atom stereocenters. The molecule has 94 valence electrons. The summed E-state index contributed by atoms with van der Waals surface area (Å²) >= 11 is 6.05. The van der Waals surface area contributed by atoms with Crippen molar-refractivity contribution in [1.29, 1.82) is 0 Å². The quantitative estimate of drug-likeness (QED) is 0.841. The Hall–Kier alpha value is -1.03. The summed E-state index contributed by atoms with van der Waals surface area (Å²) in [6.45, 7) is 0. The molecule has 0 aliphatic heterocycles. The number of carbonyl (C=O) groups is 1. The number of halogens is 1. The van der Waals surface area contributed by atoms with Crippen LogP contribution in [0, 0.1) is 0 Å². The number of amides is 1. The van der Waals surface area contributed by atoms with E-state index in [1.165, 1.54) is 6.42 Å². The first kappa shape index (κ1) is 12.4. The lowest BCUT2D eigenvalue weighted by molar-refractivity contribution is 0.0876. The van der Waals surface area contributed by atoms with E-state index in [1.807, 2.05) is 7.05 Å². The van der Waals surface area contributed by atoms with E-state index in [9.17, 15) is 4.79 Å². The highest BCUT2D eigenvalue weighted by Crippen LogP contribution is 2.29. The Balaban J connectivity index is 2.08. The molecular formula is C12H18ClN3O. The fraction of sp³-hybridized carbons (Fsp3) is 0.667. The Bertz CT molecular complexity index is 396. The minimum Gasteiger partial charge on any atom is -0.344 e. The molecule has 0 radical (unpaired) electrons. The summed E-state index contributed by atoms with van der Waals surface area (Å²) in [5, 5.41) is 3.09. The number of nitrogens with one attached hydrogen (secondary N) is 1. The van der Waals surface area contributed by atoms with Gasteiger partial charge < -0.3 is 9.88 Å². The van der Waals surface area contributed by atoms with E-state index >= 15 is 0 Å². The fourth-order valence-electron chi connectivity index (χ4n) is 2.40. The zero-order chi connectivity index (χ0) is 12.3. The minimum absolute atomic E-state index is 0.0763. The average Bonchev–Trinajstić information content (AvgIpc) is 2.77. The van der Waals surface area contributed by atoms with Gasteiger partial charge in [-0.15, -0.1) is 11.6 Å². The van der Waals surface area contributed by atoms with Crippen molar-refractivity contribution in [3.05, 3.63) is 18.2 Å². The molecule has 1 fully saturated rings. The van der Waals surface area contributed by atoms with Crippen LogP contribution in [0.1, 0.15) is 42.6 Å². The van der Waals surface area contributed by atoms with Gasteiger partial charge >= 0.3 is 0 Å². The van der Waals surface area contributed by atoms with Crippen molar-refractivity contribution in [3.63, 3.8) is 0 Å². The molecule has 0 bridgehead atoms. The highest BCUT2D eigenvalue weighted by atomic mass is 35.5. The lowest BCUT2D eigenvalue weighted by Gasteiger charge is -2.36. The van der Waals surface area contributed by atoms with Crippen LogP contribution < -0.4 is 5.32 Å². The Kier molecular flexibility index (Phi) is 3.72. The molecule has 5 heteroatoms. The Labute approximate surface area is 106 Å². The lowest BCUT2D eigenvalue weighted by Crippen LogP contribution is -2.51. The van der Waals surface area contributed by atoms with Crippen LogP contribution >= 0.6 is 11.6 Å². The fourth-order valence-corrected chi connectivity index (χ4v) is 2.74. The predicted molar refractivity (Wildman–Crippen MR) is 67.2 cm³/mol.